The van der Waals surface area contributed by atoms with E-state index in [1.807, 2.05) is 12.1 Å². The van der Waals surface area contributed by atoms with Gasteiger partial charge in [0.2, 0.25) is 0 Å². The third-order valence-electron chi connectivity index (χ3n) is 2.85. The van der Waals surface area contributed by atoms with Crippen molar-refractivity contribution in [1.82, 2.24) is 10.6 Å². The fourth-order valence-electron chi connectivity index (χ4n) is 2.06. The molecular formula is C12H18N2O2. The van der Waals surface area contributed by atoms with E-state index in [1.54, 1.807) is 14.2 Å². The Morgan fingerprint density at radius 3 is 2.69 bits per heavy atom. The van der Waals surface area contributed by atoms with Crippen LogP contribution in [0.3, 0.4) is 0 Å². The van der Waals surface area contributed by atoms with Gasteiger partial charge in [0.1, 0.15) is 0 Å². The van der Waals surface area contributed by atoms with E-state index in [4.69, 9.17) is 9.47 Å². The molecule has 0 bridgehead atoms. The van der Waals surface area contributed by atoms with E-state index in [1.165, 1.54) is 0 Å². The normalized spacial score (nSPS) is 20.5. The lowest BCUT2D eigenvalue weighted by Gasteiger charge is -2.26. The number of hydrogen-bond donors (Lipinski definition) is 2. The molecule has 1 aliphatic rings. The number of methoxy groups -OCH3 is 2. The third kappa shape index (κ3) is 2.13. The highest BCUT2D eigenvalue weighted by atomic mass is 16.5. The zero-order valence-electron chi connectivity index (χ0n) is 9.75. The highest BCUT2D eigenvalue weighted by molar-refractivity contribution is 5.48. The number of rotatable bonds is 3. The Hall–Kier alpha value is -1.26. The average molecular weight is 222 g/mol. The molecule has 0 aliphatic carbocycles. The summed E-state index contributed by atoms with van der Waals surface area (Å²) in [6.07, 6.45) is 0. The van der Waals surface area contributed by atoms with Gasteiger partial charge in [-0.15, -0.1) is 0 Å². The van der Waals surface area contributed by atoms with E-state index < -0.39 is 0 Å². The maximum absolute atomic E-state index is 5.43. The number of para-hydroxylation sites is 1. The minimum atomic E-state index is 0.291. The lowest BCUT2D eigenvalue weighted by atomic mass is 10.0. The summed E-state index contributed by atoms with van der Waals surface area (Å²) in [6.45, 7) is 2.91. The molecule has 2 rings (SSSR count). The molecule has 4 heteroatoms. The van der Waals surface area contributed by atoms with Gasteiger partial charge >= 0.3 is 0 Å². The Morgan fingerprint density at radius 2 is 2.06 bits per heavy atom. The van der Waals surface area contributed by atoms with E-state index >= 15 is 0 Å². The molecule has 0 radical (unpaired) electrons. The predicted molar refractivity (Wildman–Crippen MR) is 63.2 cm³/mol. The number of piperazine rings is 1. The molecule has 88 valence electrons. The zero-order valence-corrected chi connectivity index (χ0v) is 9.75. The SMILES string of the molecule is COc1cccc([C@H]2CNCCN2)c1OC. The summed E-state index contributed by atoms with van der Waals surface area (Å²) in [5.41, 5.74) is 1.15. The number of benzene rings is 1. The van der Waals surface area contributed by atoms with Crippen molar-refractivity contribution in [3.63, 3.8) is 0 Å². The molecule has 1 fully saturated rings. The van der Waals surface area contributed by atoms with E-state index in [9.17, 15) is 0 Å². The van der Waals surface area contributed by atoms with Crippen molar-refractivity contribution in [2.75, 3.05) is 33.9 Å². The van der Waals surface area contributed by atoms with Crippen LogP contribution in [0.4, 0.5) is 0 Å². The van der Waals surface area contributed by atoms with Crippen LogP contribution in [0.25, 0.3) is 0 Å². The molecule has 0 amide bonds. The van der Waals surface area contributed by atoms with Crippen molar-refractivity contribution in [2.24, 2.45) is 0 Å². The second kappa shape index (κ2) is 5.18. The van der Waals surface area contributed by atoms with Crippen molar-refractivity contribution in [1.29, 1.82) is 0 Å². The molecular weight excluding hydrogens is 204 g/mol. The molecule has 1 atom stereocenters. The highest BCUT2D eigenvalue weighted by Gasteiger charge is 2.20. The molecule has 1 saturated heterocycles. The molecule has 2 N–H and O–H groups in total. The van der Waals surface area contributed by atoms with Gasteiger partial charge in [0.25, 0.3) is 0 Å². The fourth-order valence-corrected chi connectivity index (χ4v) is 2.06. The second-order valence-corrected chi connectivity index (χ2v) is 3.79. The monoisotopic (exact) mass is 222 g/mol. The van der Waals surface area contributed by atoms with Gasteiger partial charge in [0, 0.05) is 31.2 Å². The topological polar surface area (TPSA) is 42.5 Å². The molecule has 0 spiro atoms. The predicted octanol–water partition coefficient (Wildman–Crippen LogP) is 0.938. The van der Waals surface area contributed by atoms with Crippen LogP contribution >= 0.6 is 0 Å². The van der Waals surface area contributed by atoms with Gasteiger partial charge in [-0.25, -0.2) is 0 Å². The van der Waals surface area contributed by atoms with Gasteiger partial charge in [-0.3, -0.25) is 0 Å². The van der Waals surface area contributed by atoms with Crippen molar-refractivity contribution >= 4 is 0 Å². The van der Waals surface area contributed by atoms with Crippen molar-refractivity contribution < 1.29 is 9.47 Å². The molecule has 4 nitrogen and oxygen atoms in total. The lowest BCUT2D eigenvalue weighted by molar-refractivity contribution is 0.341. The number of nitrogens with one attached hydrogen (secondary N) is 2. The van der Waals surface area contributed by atoms with E-state index in [0.29, 0.717) is 6.04 Å². The first-order chi connectivity index (χ1) is 7.86. The summed E-state index contributed by atoms with van der Waals surface area (Å²) < 4.78 is 10.7. The van der Waals surface area contributed by atoms with Gasteiger partial charge in [-0.1, -0.05) is 12.1 Å². The van der Waals surface area contributed by atoms with Crippen LogP contribution in [-0.4, -0.2) is 33.9 Å². The summed E-state index contributed by atoms with van der Waals surface area (Å²) >= 11 is 0. The minimum absolute atomic E-state index is 0.291. The van der Waals surface area contributed by atoms with Crippen molar-refractivity contribution in [3.05, 3.63) is 23.8 Å². The van der Waals surface area contributed by atoms with Crippen LogP contribution < -0.4 is 20.1 Å². The first-order valence-corrected chi connectivity index (χ1v) is 5.52. The Morgan fingerprint density at radius 1 is 1.19 bits per heavy atom. The van der Waals surface area contributed by atoms with Crippen LogP contribution in [0.1, 0.15) is 11.6 Å². The smallest absolute Gasteiger partial charge is 0.165 e. The van der Waals surface area contributed by atoms with Gasteiger partial charge < -0.3 is 20.1 Å². The van der Waals surface area contributed by atoms with Gasteiger partial charge in [0.15, 0.2) is 11.5 Å². The Bertz CT molecular complexity index is 349. The van der Waals surface area contributed by atoms with E-state index in [0.717, 1.165) is 36.7 Å². The quantitative estimate of drug-likeness (QED) is 0.798. The summed E-state index contributed by atoms with van der Waals surface area (Å²) in [7, 11) is 3.34. The molecule has 1 heterocycles. The molecule has 0 saturated carbocycles. The van der Waals surface area contributed by atoms with E-state index in [-0.39, 0.29) is 0 Å². The lowest BCUT2D eigenvalue weighted by Crippen LogP contribution is -2.42. The largest absolute Gasteiger partial charge is 0.493 e. The Kier molecular flexibility index (Phi) is 3.64. The van der Waals surface area contributed by atoms with E-state index in [2.05, 4.69) is 16.7 Å². The number of ether oxygens (including phenoxy) is 2. The van der Waals surface area contributed by atoms with Crippen LogP contribution in [-0.2, 0) is 0 Å². The Balaban J connectivity index is 2.30. The van der Waals surface area contributed by atoms with Gasteiger partial charge in [-0.2, -0.15) is 0 Å². The van der Waals surface area contributed by atoms with Crippen molar-refractivity contribution in [2.45, 2.75) is 6.04 Å². The maximum Gasteiger partial charge on any atom is 0.165 e. The highest BCUT2D eigenvalue weighted by Crippen LogP contribution is 2.34. The summed E-state index contributed by atoms with van der Waals surface area (Å²) in [4.78, 5) is 0. The minimum Gasteiger partial charge on any atom is -0.493 e. The van der Waals surface area contributed by atoms with Gasteiger partial charge in [0.05, 0.1) is 14.2 Å². The fraction of sp³-hybridized carbons (Fsp3) is 0.500. The van der Waals surface area contributed by atoms with Crippen LogP contribution in [0.15, 0.2) is 18.2 Å². The maximum atomic E-state index is 5.43. The Labute approximate surface area is 95.9 Å². The molecule has 16 heavy (non-hydrogen) atoms. The first kappa shape index (κ1) is 11.2. The molecule has 0 unspecified atom stereocenters. The second-order valence-electron chi connectivity index (χ2n) is 3.79. The molecule has 1 aromatic rings. The van der Waals surface area contributed by atoms with Gasteiger partial charge in [-0.05, 0) is 6.07 Å². The standard InChI is InChI=1S/C12H18N2O2/c1-15-11-5-3-4-9(12(11)16-2)10-8-13-6-7-14-10/h3-5,10,13-14H,6-8H2,1-2H3/t10-/m1/s1. The molecule has 1 aromatic carbocycles. The number of hydrogen-bond acceptors (Lipinski definition) is 4. The zero-order chi connectivity index (χ0) is 11.4. The summed E-state index contributed by atoms with van der Waals surface area (Å²) in [5.74, 6) is 1.61. The first-order valence-electron chi connectivity index (χ1n) is 5.52. The molecule has 0 aromatic heterocycles. The summed E-state index contributed by atoms with van der Waals surface area (Å²) in [6, 6.07) is 6.27. The summed E-state index contributed by atoms with van der Waals surface area (Å²) in [5, 5.41) is 6.83. The average Bonchev–Trinajstić information content (AvgIpc) is 2.38. The third-order valence-corrected chi connectivity index (χ3v) is 2.85. The van der Waals surface area contributed by atoms with Crippen molar-refractivity contribution in [3.8, 4) is 11.5 Å². The van der Waals surface area contributed by atoms with Crippen LogP contribution in [0, 0.1) is 0 Å². The van der Waals surface area contributed by atoms with Crippen LogP contribution in [0.5, 0.6) is 11.5 Å². The van der Waals surface area contributed by atoms with Crippen LogP contribution in [0.2, 0.25) is 0 Å². The molecule has 1 aliphatic heterocycles.